The molecule has 1 aromatic heterocycles. The maximum Gasteiger partial charge on any atom is 0.265 e. The lowest BCUT2D eigenvalue weighted by Crippen LogP contribution is -2.40. The number of aryl methyl sites for hydroxylation is 1. The van der Waals surface area contributed by atoms with Gasteiger partial charge in [-0.3, -0.25) is 4.79 Å². The van der Waals surface area contributed by atoms with Gasteiger partial charge >= 0.3 is 0 Å². The number of morpholine rings is 1. The molecule has 34 heavy (non-hydrogen) atoms. The predicted octanol–water partition coefficient (Wildman–Crippen LogP) is 4.26. The van der Waals surface area contributed by atoms with E-state index < -0.39 is 15.9 Å². The van der Waals surface area contributed by atoms with Gasteiger partial charge in [0.25, 0.3) is 5.91 Å². The molecule has 1 saturated heterocycles. The van der Waals surface area contributed by atoms with Gasteiger partial charge in [0.15, 0.2) is 5.69 Å². The molecule has 10 heteroatoms. The third-order valence-corrected chi connectivity index (χ3v) is 7.78. The van der Waals surface area contributed by atoms with Crippen molar-refractivity contribution in [3.05, 3.63) is 53.6 Å². The van der Waals surface area contributed by atoms with Crippen LogP contribution in [0.3, 0.4) is 0 Å². The molecule has 0 spiro atoms. The van der Waals surface area contributed by atoms with Crippen LogP contribution in [0.5, 0.6) is 5.88 Å². The minimum atomic E-state index is -3.55. The number of sulfonamides is 1. The molecule has 1 aliphatic heterocycles. The van der Waals surface area contributed by atoms with Crippen LogP contribution >= 0.6 is 0 Å². The summed E-state index contributed by atoms with van der Waals surface area (Å²) < 4.78 is 32.1. The third kappa shape index (κ3) is 5.19. The van der Waals surface area contributed by atoms with E-state index in [2.05, 4.69) is 29.1 Å². The summed E-state index contributed by atoms with van der Waals surface area (Å²) >= 11 is 0. The van der Waals surface area contributed by atoms with Crippen molar-refractivity contribution in [2.45, 2.75) is 37.5 Å². The van der Waals surface area contributed by atoms with Crippen molar-refractivity contribution >= 4 is 32.5 Å². The van der Waals surface area contributed by atoms with E-state index in [4.69, 9.17) is 4.74 Å². The number of nitrogens with zero attached hydrogens (tertiary/aromatic N) is 3. The van der Waals surface area contributed by atoms with Gasteiger partial charge in [-0.25, -0.2) is 8.42 Å². The first-order chi connectivity index (χ1) is 16.3. The highest BCUT2D eigenvalue weighted by Gasteiger charge is 2.26. The van der Waals surface area contributed by atoms with Gasteiger partial charge in [-0.05, 0) is 47.7 Å². The number of fused-ring (bicyclic) bond motifs is 1. The maximum absolute atomic E-state index is 12.7. The third-order valence-electron chi connectivity index (χ3n) is 5.86. The van der Waals surface area contributed by atoms with E-state index in [0.717, 1.165) is 16.6 Å². The molecule has 180 valence electrons. The number of hydrogen-bond acceptors (Lipinski definition) is 6. The Morgan fingerprint density at radius 2 is 1.85 bits per heavy atom. The number of aromatic amines is 1. The molecule has 0 radical (unpaired) electrons. The second kappa shape index (κ2) is 10.0. The molecular formula is C24H28N4O5S. The number of carbonyl (C=O) groups is 1. The summed E-state index contributed by atoms with van der Waals surface area (Å²) in [5.41, 5.74) is 2.87. The average Bonchev–Trinajstić information content (AvgIpc) is 3.16. The number of nitrogens with one attached hydrogen (secondary N) is 1. The molecule has 0 aliphatic carbocycles. The predicted molar refractivity (Wildman–Crippen MR) is 128 cm³/mol. The summed E-state index contributed by atoms with van der Waals surface area (Å²) in [5, 5.41) is 18.7. The summed E-state index contributed by atoms with van der Waals surface area (Å²) in [6.07, 6.45) is 0.506. The molecule has 4 rings (SSSR count). The van der Waals surface area contributed by atoms with Gasteiger partial charge in [-0.15, -0.1) is 10.2 Å². The topological polar surface area (TPSA) is 124 Å². The first-order valence-electron chi connectivity index (χ1n) is 11.2. The van der Waals surface area contributed by atoms with Gasteiger partial charge in [0.05, 0.1) is 23.6 Å². The molecule has 1 aliphatic rings. The van der Waals surface area contributed by atoms with E-state index in [0.29, 0.717) is 44.0 Å². The van der Waals surface area contributed by atoms with Crippen molar-refractivity contribution in [1.29, 1.82) is 0 Å². The molecule has 9 nitrogen and oxygen atoms in total. The van der Waals surface area contributed by atoms with Crippen molar-refractivity contribution in [3.63, 3.8) is 0 Å². The van der Waals surface area contributed by atoms with E-state index >= 15 is 0 Å². The Hall–Kier alpha value is -3.08. The molecule has 2 N–H and O–H groups in total. The number of hydrogen-bond donors (Lipinski definition) is 2. The molecule has 0 unspecified atom stereocenters. The summed E-state index contributed by atoms with van der Waals surface area (Å²) in [5.74, 6) is -0.258. The largest absolute Gasteiger partial charge is 0.493 e. The standard InChI is InChI=1S/C24H28N4O5S/c1-16(2)18-6-9-21-20(15-18)23(24(30)25-21)27-26-22(29)10-5-17-3-7-19(8-4-17)34(31,32)28-11-13-33-14-12-28/h3-4,6-9,15-16,25,30H,5,10-14H2,1-2H3. The summed E-state index contributed by atoms with van der Waals surface area (Å²) in [6.45, 7) is 5.61. The van der Waals surface area contributed by atoms with E-state index in [1.165, 1.54) is 4.31 Å². The lowest BCUT2D eigenvalue weighted by molar-refractivity contribution is -0.118. The van der Waals surface area contributed by atoms with Crippen molar-refractivity contribution < 1.29 is 23.1 Å². The highest BCUT2D eigenvalue weighted by molar-refractivity contribution is 7.89. The number of azo groups is 1. The van der Waals surface area contributed by atoms with E-state index in [1.54, 1.807) is 24.3 Å². The monoisotopic (exact) mass is 484 g/mol. The fourth-order valence-electron chi connectivity index (χ4n) is 3.81. The smallest absolute Gasteiger partial charge is 0.265 e. The molecule has 0 saturated carbocycles. The maximum atomic E-state index is 12.7. The quantitative estimate of drug-likeness (QED) is 0.485. The Morgan fingerprint density at radius 1 is 1.15 bits per heavy atom. The van der Waals surface area contributed by atoms with E-state index in [9.17, 15) is 18.3 Å². The zero-order valence-electron chi connectivity index (χ0n) is 19.2. The van der Waals surface area contributed by atoms with Crippen LogP contribution in [0.25, 0.3) is 10.9 Å². The number of aromatic nitrogens is 1. The van der Waals surface area contributed by atoms with E-state index in [1.807, 2.05) is 18.2 Å². The first-order valence-corrected chi connectivity index (χ1v) is 12.7. The van der Waals surface area contributed by atoms with Crippen LogP contribution in [-0.2, 0) is 26.0 Å². The molecule has 2 heterocycles. The SMILES string of the molecule is CC(C)c1ccc2[nH]c(O)c(N=NC(=O)CCc3ccc(S(=O)(=O)N4CCOCC4)cc3)c2c1. The van der Waals surface area contributed by atoms with Gasteiger partial charge < -0.3 is 14.8 Å². The minimum Gasteiger partial charge on any atom is -0.493 e. The number of aromatic hydroxyl groups is 1. The van der Waals surface area contributed by atoms with Crippen LogP contribution < -0.4 is 0 Å². The van der Waals surface area contributed by atoms with Gasteiger partial charge in [-0.2, -0.15) is 4.31 Å². The number of rotatable bonds is 7. The molecule has 3 aromatic rings. The average molecular weight is 485 g/mol. The van der Waals surface area contributed by atoms with Crippen LogP contribution in [0.4, 0.5) is 5.69 Å². The Labute approximate surface area is 198 Å². The Bertz CT molecular complexity index is 1310. The van der Waals surface area contributed by atoms with Crippen molar-refractivity contribution in [3.8, 4) is 5.88 Å². The van der Waals surface area contributed by atoms with Gasteiger partial charge in [-0.1, -0.05) is 32.0 Å². The van der Waals surface area contributed by atoms with Gasteiger partial charge in [0, 0.05) is 24.9 Å². The zero-order valence-corrected chi connectivity index (χ0v) is 20.0. The van der Waals surface area contributed by atoms with Crippen LogP contribution in [0.1, 0.15) is 37.3 Å². The van der Waals surface area contributed by atoms with Crippen molar-refractivity contribution in [2.24, 2.45) is 10.2 Å². The number of amides is 1. The molecule has 1 fully saturated rings. The molecular weight excluding hydrogens is 456 g/mol. The lowest BCUT2D eigenvalue weighted by Gasteiger charge is -2.26. The highest BCUT2D eigenvalue weighted by atomic mass is 32.2. The lowest BCUT2D eigenvalue weighted by atomic mass is 10.0. The normalized spacial score (nSPS) is 15.5. The summed E-state index contributed by atoms with van der Waals surface area (Å²) in [4.78, 5) is 15.4. The fraction of sp³-hybridized carbons (Fsp3) is 0.375. The number of H-pyrrole nitrogens is 1. The van der Waals surface area contributed by atoms with Crippen LogP contribution in [0, 0.1) is 0 Å². The Balaban J connectivity index is 1.40. The van der Waals surface area contributed by atoms with Crippen LogP contribution in [-0.4, -0.2) is 55.0 Å². The summed E-state index contributed by atoms with van der Waals surface area (Å²) in [6, 6.07) is 12.3. The van der Waals surface area contributed by atoms with Crippen LogP contribution in [0.15, 0.2) is 57.6 Å². The Kier molecular flexibility index (Phi) is 7.11. The minimum absolute atomic E-state index is 0.111. The molecule has 2 aromatic carbocycles. The van der Waals surface area contributed by atoms with E-state index in [-0.39, 0.29) is 22.9 Å². The van der Waals surface area contributed by atoms with Gasteiger partial charge in [0.1, 0.15) is 0 Å². The Morgan fingerprint density at radius 3 is 2.53 bits per heavy atom. The van der Waals surface area contributed by atoms with Crippen molar-refractivity contribution in [2.75, 3.05) is 26.3 Å². The second-order valence-electron chi connectivity index (χ2n) is 8.54. The zero-order chi connectivity index (χ0) is 24.3. The molecule has 0 atom stereocenters. The molecule has 0 bridgehead atoms. The second-order valence-corrected chi connectivity index (χ2v) is 10.5. The van der Waals surface area contributed by atoms with Crippen LogP contribution in [0.2, 0.25) is 0 Å². The van der Waals surface area contributed by atoms with Crippen molar-refractivity contribution in [1.82, 2.24) is 9.29 Å². The number of ether oxygens (including phenoxy) is 1. The fourth-order valence-corrected chi connectivity index (χ4v) is 5.22. The number of carbonyl (C=O) groups excluding carboxylic acids is 1. The molecule has 1 amide bonds. The van der Waals surface area contributed by atoms with Gasteiger partial charge in [0.2, 0.25) is 15.9 Å². The number of benzene rings is 2. The first kappa shape index (κ1) is 24.1. The summed E-state index contributed by atoms with van der Waals surface area (Å²) in [7, 11) is -3.55. The highest BCUT2D eigenvalue weighted by Crippen LogP contribution is 2.37.